The van der Waals surface area contributed by atoms with Gasteiger partial charge in [0.2, 0.25) is 5.91 Å². The number of carbonyl (C=O) groups excluding carboxylic acids is 1. The molecule has 0 unspecified atom stereocenters. The third kappa shape index (κ3) is 3.63. The smallest absolute Gasteiger partial charge is 0.280 e. The van der Waals surface area contributed by atoms with Gasteiger partial charge < -0.3 is 9.73 Å². The van der Waals surface area contributed by atoms with Gasteiger partial charge in [-0.15, -0.1) is 5.10 Å². The number of carbonyl (C=O) groups is 1. The van der Waals surface area contributed by atoms with Crippen molar-refractivity contribution in [2.75, 3.05) is 5.75 Å². The van der Waals surface area contributed by atoms with E-state index in [2.05, 4.69) is 15.5 Å². The molecule has 1 aromatic carbocycles. The summed E-state index contributed by atoms with van der Waals surface area (Å²) in [6.07, 6.45) is 1.35. The van der Waals surface area contributed by atoms with E-state index in [0.717, 1.165) is 0 Å². The number of furan rings is 1. The van der Waals surface area contributed by atoms with Gasteiger partial charge in [0.15, 0.2) is 5.17 Å². The van der Waals surface area contributed by atoms with Crippen LogP contribution in [0.3, 0.4) is 0 Å². The molecule has 1 aromatic heterocycles. The Labute approximate surface area is 144 Å². The van der Waals surface area contributed by atoms with E-state index in [1.54, 1.807) is 12.1 Å². The molecule has 0 spiro atoms. The minimum absolute atomic E-state index is 0.109. The van der Waals surface area contributed by atoms with Crippen molar-refractivity contribution in [1.82, 2.24) is 5.32 Å². The molecule has 122 valence electrons. The van der Waals surface area contributed by atoms with Gasteiger partial charge in [-0.1, -0.05) is 23.4 Å². The Bertz CT molecular complexity index is 877. The summed E-state index contributed by atoms with van der Waals surface area (Å²) in [5.74, 6) is 0.847. The van der Waals surface area contributed by atoms with Crippen molar-refractivity contribution in [1.29, 1.82) is 0 Å². The van der Waals surface area contributed by atoms with Crippen LogP contribution in [0.4, 0.5) is 5.69 Å². The highest BCUT2D eigenvalue weighted by molar-refractivity contribution is 8.15. The lowest BCUT2D eigenvalue weighted by Crippen LogP contribution is -2.19. The van der Waals surface area contributed by atoms with Gasteiger partial charge in [0, 0.05) is 11.1 Å². The SMILES string of the molecule is O=C1CSC(=N/N=C\c2ccc(-c3cc(Cl)ccc3[N+](=O)[O-])o2)N1. The Balaban J connectivity index is 1.82. The molecule has 8 nitrogen and oxygen atoms in total. The summed E-state index contributed by atoms with van der Waals surface area (Å²) in [7, 11) is 0. The summed E-state index contributed by atoms with van der Waals surface area (Å²) in [6, 6.07) is 7.41. The van der Waals surface area contributed by atoms with Crippen LogP contribution in [0.15, 0.2) is 45.0 Å². The molecule has 10 heteroatoms. The second-order valence-electron chi connectivity index (χ2n) is 4.61. The number of hydrogen-bond acceptors (Lipinski definition) is 7. The van der Waals surface area contributed by atoms with E-state index < -0.39 is 4.92 Å². The van der Waals surface area contributed by atoms with Crippen molar-refractivity contribution < 1.29 is 14.1 Å². The van der Waals surface area contributed by atoms with E-state index in [0.29, 0.717) is 27.5 Å². The molecule has 1 aliphatic heterocycles. The highest BCUT2D eigenvalue weighted by atomic mass is 35.5. The van der Waals surface area contributed by atoms with Crippen LogP contribution >= 0.6 is 23.4 Å². The van der Waals surface area contributed by atoms with Gasteiger partial charge in [-0.3, -0.25) is 14.9 Å². The van der Waals surface area contributed by atoms with Crippen LogP contribution < -0.4 is 5.32 Å². The van der Waals surface area contributed by atoms with Gasteiger partial charge in [-0.2, -0.15) is 5.10 Å². The first-order valence-corrected chi connectivity index (χ1v) is 7.97. The third-order valence-electron chi connectivity index (χ3n) is 2.97. The van der Waals surface area contributed by atoms with Gasteiger partial charge in [0.1, 0.15) is 11.5 Å². The summed E-state index contributed by atoms with van der Waals surface area (Å²) in [5.41, 5.74) is 0.166. The van der Waals surface area contributed by atoms with E-state index in [9.17, 15) is 14.9 Å². The minimum Gasteiger partial charge on any atom is -0.455 e. The third-order valence-corrected chi connectivity index (χ3v) is 4.07. The second kappa shape index (κ2) is 6.85. The van der Waals surface area contributed by atoms with Crippen molar-refractivity contribution in [3.8, 4) is 11.3 Å². The zero-order chi connectivity index (χ0) is 17.1. The zero-order valence-electron chi connectivity index (χ0n) is 11.9. The Morgan fingerprint density at radius 3 is 2.92 bits per heavy atom. The number of nitrogens with zero attached hydrogens (tertiary/aromatic N) is 3. The van der Waals surface area contributed by atoms with E-state index in [1.807, 2.05) is 0 Å². The lowest BCUT2D eigenvalue weighted by Gasteiger charge is -2.00. The molecule has 0 atom stereocenters. The van der Waals surface area contributed by atoms with Gasteiger partial charge in [-0.05, 0) is 24.3 Å². The van der Waals surface area contributed by atoms with E-state index in [4.69, 9.17) is 16.0 Å². The lowest BCUT2D eigenvalue weighted by molar-refractivity contribution is -0.384. The summed E-state index contributed by atoms with van der Waals surface area (Å²) in [4.78, 5) is 21.6. The molecule has 0 aliphatic carbocycles. The molecular formula is C14H9ClN4O4S. The fourth-order valence-electron chi connectivity index (χ4n) is 1.95. The second-order valence-corrected chi connectivity index (χ2v) is 6.01. The highest BCUT2D eigenvalue weighted by Crippen LogP contribution is 2.33. The average molecular weight is 365 g/mol. The Morgan fingerprint density at radius 2 is 2.21 bits per heavy atom. The van der Waals surface area contributed by atoms with Gasteiger partial charge >= 0.3 is 0 Å². The number of rotatable bonds is 4. The van der Waals surface area contributed by atoms with Gasteiger partial charge in [-0.25, -0.2) is 0 Å². The Kier molecular flexibility index (Phi) is 4.63. The van der Waals surface area contributed by atoms with Crippen molar-refractivity contribution in [3.05, 3.63) is 51.2 Å². The van der Waals surface area contributed by atoms with Crippen LogP contribution in [0.5, 0.6) is 0 Å². The molecule has 1 amide bonds. The predicted octanol–water partition coefficient (Wildman–Crippen LogP) is 3.06. The first-order chi connectivity index (χ1) is 11.5. The number of nitrogens with one attached hydrogen (secondary N) is 1. The Hall–Kier alpha value is -2.65. The first kappa shape index (κ1) is 16.2. The van der Waals surface area contributed by atoms with Gasteiger partial charge in [0.25, 0.3) is 5.69 Å². The number of hydrogen-bond donors (Lipinski definition) is 1. The molecule has 1 N–H and O–H groups in total. The number of amidine groups is 1. The summed E-state index contributed by atoms with van der Waals surface area (Å²) < 4.78 is 5.53. The number of thioether (sulfide) groups is 1. The van der Waals surface area contributed by atoms with Crippen LogP contribution in [0, 0.1) is 10.1 Å². The maximum atomic E-state index is 11.1. The van der Waals surface area contributed by atoms with Crippen molar-refractivity contribution in [2.45, 2.75) is 0 Å². The molecule has 0 bridgehead atoms. The summed E-state index contributed by atoms with van der Waals surface area (Å²) in [5, 5.41) is 22.1. The normalized spacial score (nSPS) is 16.0. The Morgan fingerprint density at radius 1 is 1.38 bits per heavy atom. The highest BCUT2D eigenvalue weighted by Gasteiger charge is 2.18. The molecule has 24 heavy (non-hydrogen) atoms. The maximum absolute atomic E-state index is 11.1. The molecule has 2 aromatic rings. The predicted molar refractivity (Wildman–Crippen MR) is 91.4 cm³/mol. The molecular weight excluding hydrogens is 356 g/mol. The quantitative estimate of drug-likeness (QED) is 0.509. The summed E-state index contributed by atoms with van der Waals surface area (Å²) in [6.45, 7) is 0. The number of benzene rings is 1. The topological polar surface area (TPSA) is 110 Å². The van der Waals surface area contributed by atoms with Crippen LogP contribution in [0.2, 0.25) is 5.02 Å². The van der Waals surface area contributed by atoms with Crippen LogP contribution in [-0.2, 0) is 4.79 Å². The number of amides is 1. The molecule has 0 radical (unpaired) electrons. The summed E-state index contributed by atoms with van der Waals surface area (Å²) >= 11 is 7.15. The first-order valence-electron chi connectivity index (χ1n) is 6.61. The molecule has 2 heterocycles. The van der Waals surface area contributed by atoms with Crippen molar-refractivity contribution in [2.24, 2.45) is 10.2 Å². The van der Waals surface area contributed by atoms with E-state index in [1.165, 1.54) is 36.2 Å². The largest absolute Gasteiger partial charge is 0.455 e. The number of halogens is 1. The molecule has 1 saturated heterocycles. The maximum Gasteiger partial charge on any atom is 0.280 e. The minimum atomic E-state index is -0.506. The van der Waals surface area contributed by atoms with Crippen LogP contribution in [0.25, 0.3) is 11.3 Å². The fraction of sp³-hybridized carbons (Fsp3) is 0.0714. The van der Waals surface area contributed by atoms with E-state index >= 15 is 0 Å². The fourth-order valence-corrected chi connectivity index (χ4v) is 2.75. The lowest BCUT2D eigenvalue weighted by atomic mass is 10.1. The molecule has 1 fully saturated rings. The molecule has 0 saturated carbocycles. The van der Waals surface area contributed by atoms with E-state index in [-0.39, 0.29) is 17.2 Å². The van der Waals surface area contributed by atoms with Crippen molar-refractivity contribution in [3.63, 3.8) is 0 Å². The van der Waals surface area contributed by atoms with Crippen LogP contribution in [-0.4, -0.2) is 28.0 Å². The molecule has 1 aliphatic rings. The number of nitro groups is 1. The average Bonchev–Trinajstić information content (AvgIpc) is 3.16. The van der Waals surface area contributed by atoms with Gasteiger partial charge in [0.05, 0.1) is 22.5 Å². The zero-order valence-corrected chi connectivity index (χ0v) is 13.5. The van der Waals surface area contributed by atoms with Crippen LogP contribution in [0.1, 0.15) is 5.76 Å². The molecule has 3 rings (SSSR count). The monoisotopic (exact) mass is 364 g/mol. The standard InChI is InChI=1S/C14H9ClN4O4S/c15-8-1-3-11(19(21)22)10(5-8)12-4-2-9(23-12)6-16-18-14-17-13(20)7-24-14/h1-6H,7H2,(H,17,18,20)/b16-6-. The number of nitro benzene ring substituents is 1. The van der Waals surface area contributed by atoms with Crippen molar-refractivity contribution >= 4 is 46.3 Å².